The third-order valence-electron chi connectivity index (χ3n) is 1.86. The molecule has 17 heavy (non-hydrogen) atoms. The van der Waals surface area contributed by atoms with E-state index in [1.165, 1.54) is 0 Å². The molecule has 0 radical (unpaired) electrons. The molecule has 2 N–H and O–H groups in total. The quantitative estimate of drug-likeness (QED) is 0.839. The molecule has 2 nitrogen and oxygen atoms in total. The summed E-state index contributed by atoms with van der Waals surface area (Å²) >= 11 is 3.17. The summed E-state index contributed by atoms with van der Waals surface area (Å²) < 4.78 is 41.7. The topological polar surface area (TPSA) is 35.2 Å². The Labute approximate surface area is 110 Å². The van der Waals surface area contributed by atoms with E-state index in [4.69, 9.17) is 10.5 Å². The first kappa shape index (κ1) is 14.7. The van der Waals surface area contributed by atoms with Crippen molar-refractivity contribution >= 4 is 27.7 Å². The van der Waals surface area contributed by atoms with Crippen molar-refractivity contribution in [3.05, 3.63) is 28.2 Å². The molecule has 0 saturated carbocycles. The first-order valence-electron chi connectivity index (χ1n) is 4.75. The second-order valence-corrected chi connectivity index (χ2v) is 5.09. The minimum atomic E-state index is -4.21. The molecule has 7 heteroatoms. The van der Waals surface area contributed by atoms with Crippen molar-refractivity contribution in [1.29, 1.82) is 0 Å². The van der Waals surface area contributed by atoms with Crippen LogP contribution in [0.2, 0.25) is 0 Å². The van der Waals surface area contributed by atoms with Gasteiger partial charge in [-0.25, -0.2) is 0 Å². The van der Waals surface area contributed by atoms with Crippen LogP contribution >= 0.6 is 27.7 Å². The highest BCUT2D eigenvalue weighted by atomic mass is 79.9. The monoisotopic (exact) mass is 329 g/mol. The second kappa shape index (κ2) is 6.51. The lowest BCUT2D eigenvalue weighted by Gasteiger charge is -2.12. The maximum absolute atomic E-state index is 11.9. The van der Waals surface area contributed by atoms with Crippen LogP contribution < -0.4 is 10.5 Å². The summed E-state index contributed by atoms with van der Waals surface area (Å²) in [5, 5.41) is 0. The van der Waals surface area contributed by atoms with Crippen LogP contribution in [0.15, 0.2) is 22.7 Å². The molecular weight excluding hydrogens is 319 g/mol. The Morgan fingerprint density at radius 2 is 2.06 bits per heavy atom. The van der Waals surface area contributed by atoms with Crippen molar-refractivity contribution in [2.45, 2.75) is 12.1 Å². The Kier molecular flexibility index (Phi) is 5.61. The maximum atomic E-state index is 11.9. The van der Waals surface area contributed by atoms with Crippen LogP contribution in [0.5, 0.6) is 5.75 Å². The number of benzene rings is 1. The molecule has 0 saturated heterocycles. The second-order valence-electron chi connectivity index (χ2n) is 3.07. The summed E-state index contributed by atoms with van der Waals surface area (Å²) in [6.07, 6.45) is 0. The fourth-order valence-corrected chi connectivity index (χ4v) is 2.10. The van der Waals surface area contributed by atoms with Crippen molar-refractivity contribution in [2.75, 3.05) is 12.4 Å². The zero-order valence-corrected chi connectivity index (χ0v) is 11.2. The number of hydrogen-bond acceptors (Lipinski definition) is 3. The number of para-hydroxylation sites is 1. The van der Waals surface area contributed by atoms with Gasteiger partial charge in [0.25, 0.3) is 0 Å². The Morgan fingerprint density at radius 1 is 1.35 bits per heavy atom. The van der Waals surface area contributed by atoms with Gasteiger partial charge in [0.2, 0.25) is 0 Å². The van der Waals surface area contributed by atoms with E-state index in [9.17, 15) is 13.2 Å². The predicted octanol–water partition coefficient (Wildman–Crippen LogP) is 3.54. The van der Waals surface area contributed by atoms with Gasteiger partial charge in [-0.05, 0) is 33.8 Å². The summed E-state index contributed by atoms with van der Waals surface area (Å²) in [7, 11) is 0. The lowest BCUT2D eigenvalue weighted by Crippen LogP contribution is -2.09. The highest BCUT2D eigenvalue weighted by Gasteiger charge is 2.27. The molecule has 96 valence electrons. The third kappa shape index (κ3) is 5.18. The van der Waals surface area contributed by atoms with Crippen LogP contribution in [0.1, 0.15) is 5.56 Å². The minimum absolute atomic E-state index is 0.0141. The van der Waals surface area contributed by atoms with Gasteiger partial charge < -0.3 is 10.5 Å². The van der Waals surface area contributed by atoms with Crippen molar-refractivity contribution in [1.82, 2.24) is 0 Å². The van der Waals surface area contributed by atoms with E-state index < -0.39 is 5.51 Å². The lowest BCUT2D eigenvalue weighted by atomic mass is 10.2. The number of halogens is 4. The van der Waals surface area contributed by atoms with E-state index in [-0.39, 0.29) is 30.7 Å². The molecule has 0 aliphatic carbocycles. The minimum Gasteiger partial charge on any atom is -0.491 e. The van der Waals surface area contributed by atoms with Crippen LogP contribution in [0.25, 0.3) is 0 Å². The SMILES string of the molecule is NCc1cccc(Br)c1OCCSC(F)(F)F. The summed E-state index contributed by atoms with van der Waals surface area (Å²) in [6, 6.07) is 5.33. The van der Waals surface area contributed by atoms with E-state index in [0.717, 1.165) is 5.56 Å². The van der Waals surface area contributed by atoms with Gasteiger partial charge >= 0.3 is 5.51 Å². The van der Waals surface area contributed by atoms with Crippen LogP contribution in [0.4, 0.5) is 13.2 Å². The molecule has 1 aromatic rings. The lowest BCUT2D eigenvalue weighted by molar-refractivity contribution is -0.0329. The van der Waals surface area contributed by atoms with Crippen molar-refractivity contribution in [3.8, 4) is 5.75 Å². The van der Waals surface area contributed by atoms with Crippen molar-refractivity contribution in [2.24, 2.45) is 5.73 Å². The summed E-state index contributed by atoms with van der Waals surface area (Å²) in [4.78, 5) is 0. The molecule has 0 aliphatic heterocycles. The number of alkyl halides is 3. The van der Waals surface area contributed by atoms with Crippen LogP contribution in [-0.4, -0.2) is 17.9 Å². The van der Waals surface area contributed by atoms with E-state index in [1.807, 2.05) is 0 Å². The Hall–Kier alpha value is -0.400. The van der Waals surface area contributed by atoms with Gasteiger partial charge in [-0.15, -0.1) is 0 Å². The number of hydrogen-bond donors (Lipinski definition) is 1. The zero-order valence-electron chi connectivity index (χ0n) is 8.76. The van der Waals surface area contributed by atoms with Gasteiger partial charge in [0.1, 0.15) is 5.75 Å². The molecule has 0 unspecified atom stereocenters. The highest BCUT2D eigenvalue weighted by Crippen LogP contribution is 2.31. The molecule has 0 aliphatic rings. The number of rotatable bonds is 5. The summed E-state index contributed by atoms with van der Waals surface area (Å²) in [5.74, 6) is 0.368. The zero-order chi connectivity index (χ0) is 12.9. The Balaban J connectivity index is 2.52. The smallest absolute Gasteiger partial charge is 0.441 e. The standard InChI is InChI=1S/C10H11BrF3NOS/c11-8-3-1-2-7(6-15)9(8)16-4-5-17-10(12,13)14/h1-3H,4-6,15H2. The average Bonchev–Trinajstić information content (AvgIpc) is 2.24. The van der Waals surface area contributed by atoms with E-state index in [1.54, 1.807) is 18.2 Å². The third-order valence-corrected chi connectivity index (χ3v) is 3.19. The average molecular weight is 330 g/mol. The molecule has 1 rings (SSSR count). The number of ether oxygens (including phenoxy) is 1. The van der Waals surface area contributed by atoms with Gasteiger partial charge in [-0.2, -0.15) is 13.2 Å². The Morgan fingerprint density at radius 3 is 2.65 bits per heavy atom. The molecule has 0 bridgehead atoms. The molecule has 0 atom stereocenters. The highest BCUT2D eigenvalue weighted by molar-refractivity contribution is 9.10. The number of thioether (sulfide) groups is 1. The largest absolute Gasteiger partial charge is 0.491 e. The predicted molar refractivity (Wildman–Crippen MR) is 66.0 cm³/mol. The maximum Gasteiger partial charge on any atom is 0.441 e. The van der Waals surface area contributed by atoms with Crippen molar-refractivity contribution < 1.29 is 17.9 Å². The normalized spacial score (nSPS) is 11.6. The van der Waals surface area contributed by atoms with Gasteiger partial charge in [-0.1, -0.05) is 12.1 Å². The molecule has 1 aromatic carbocycles. The summed E-state index contributed by atoms with van der Waals surface area (Å²) in [5.41, 5.74) is 2.05. The van der Waals surface area contributed by atoms with Gasteiger partial charge in [0.05, 0.1) is 11.1 Å². The van der Waals surface area contributed by atoms with Crippen LogP contribution in [-0.2, 0) is 6.54 Å². The Bertz CT molecular complexity index is 373. The van der Waals surface area contributed by atoms with Crippen LogP contribution in [0, 0.1) is 0 Å². The molecule has 0 fully saturated rings. The fourth-order valence-electron chi connectivity index (χ4n) is 1.18. The molecule has 0 aromatic heterocycles. The molecule has 0 heterocycles. The fraction of sp³-hybridized carbons (Fsp3) is 0.400. The van der Waals surface area contributed by atoms with E-state index >= 15 is 0 Å². The molecular formula is C10H11BrF3NOS. The van der Waals surface area contributed by atoms with Crippen molar-refractivity contribution in [3.63, 3.8) is 0 Å². The summed E-state index contributed by atoms with van der Waals surface area (Å²) in [6.45, 7) is 0.265. The van der Waals surface area contributed by atoms with Gasteiger partial charge in [-0.3, -0.25) is 0 Å². The first-order chi connectivity index (χ1) is 7.94. The molecule has 0 amide bonds. The van der Waals surface area contributed by atoms with Gasteiger partial charge in [0, 0.05) is 17.9 Å². The van der Waals surface area contributed by atoms with E-state index in [0.29, 0.717) is 10.2 Å². The number of nitrogens with two attached hydrogens (primary N) is 1. The molecule has 0 spiro atoms. The van der Waals surface area contributed by atoms with Crippen LogP contribution in [0.3, 0.4) is 0 Å². The van der Waals surface area contributed by atoms with Gasteiger partial charge in [0.15, 0.2) is 0 Å². The first-order valence-corrected chi connectivity index (χ1v) is 6.53. The van der Waals surface area contributed by atoms with E-state index in [2.05, 4.69) is 15.9 Å².